The van der Waals surface area contributed by atoms with Crippen molar-refractivity contribution in [3.63, 3.8) is 0 Å². The first-order valence-corrected chi connectivity index (χ1v) is 8.34. The maximum absolute atomic E-state index is 12.7. The van der Waals surface area contributed by atoms with Gasteiger partial charge in [-0.2, -0.15) is 4.31 Å². The van der Waals surface area contributed by atoms with Gasteiger partial charge in [0.2, 0.25) is 10.0 Å². The van der Waals surface area contributed by atoms with Gasteiger partial charge in [0.15, 0.2) is 0 Å². The van der Waals surface area contributed by atoms with Gasteiger partial charge in [-0.1, -0.05) is 13.0 Å². The number of benzene rings is 1. The third-order valence-electron chi connectivity index (χ3n) is 3.74. The van der Waals surface area contributed by atoms with Gasteiger partial charge in [-0.25, -0.2) is 13.2 Å². The van der Waals surface area contributed by atoms with E-state index >= 15 is 0 Å². The molecule has 21 heavy (non-hydrogen) atoms. The molecule has 6 nitrogen and oxygen atoms in total. The summed E-state index contributed by atoms with van der Waals surface area (Å²) < 4.78 is 26.7. The zero-order chi connectivity index (χ0) is 15.6. The van der Waals surface area contributed by atoms with Gasteiger partial charge in [0.05, 0.1) is 16.6 Å². The summed E-state index contributed by atoms with van der Waals surface area (Å²) in [6.07, 6.45) is 0.844. The van der Waals surface area contributed by atoms with E-state index in [9.17, 15) is 18.3 Å². The number of nitrogens with zero attached hydrogens (tertiary/aromatic N) is 1. The number of carboxylic acid groups (broad SMARTS) is 1. The molecule has 0 bridgehead atoms. The van der Waals surface area contributed by atoms with Gasteiger partial charge in [0, 0.05) is 13.1 Å². The lowest BCUT2D eigenvalue weighted by atomic mass is 10.1. The predicted octanol–water partition coefficient (Wildman–Crippen LogP) is 1.09. The standard InChI is InChI=1S/C14H19NO5S/c1-2-10-3-4-11(14(17)18)9-13(10)21(19,20)15-7-5-12(16)6-8-15/h3-4,9,12,16H,2,5-8H2,1H3,(H,17,18). The number of aliphatic hydroxyl groups is 1. The molecule has 1 fully saturated rings. The van der Waals surface area contributed by atoms with Gasteiger partial charge in [-0.05, 0) is 37.0 Å². The van der Waals surface area contributed by atoms with Crippen LogP contribution < -0.4 is 0 Å². The van der Waals surface area contributed by atoms with Crippen LogP contribution >= 0.6 is 0 Å². The maximum Gasteiger partial charge on any atom is 0.335 e. The lowest BCUT2D eigenvalue weighted by molar-refractivity contribution is 0.0696. The highest BCUT2D eigenvalue weighted by molar-refractivity contribution is 7.89. The number of sulfonamides is 1. The van der Waals surface area contributed by atoms with Crippen molar-refractivity contribution in [3.8, 4) is 0 Å². The molecule has 1 heterocycles. The lowest BCUT2D eigenvalue weighted by Crippen LogP contribution is -2.40. The third-order valence-corrected chi connectivity index (χ3v) is 5.72. The van der Waals surface area contributed by atoms with E-state index in [0.717, 1.165) is 0 Å². The molecule has 1 aliphatic rings. The quantitative estimate of drug-likeness (QED) is 0.867. The van der Waals surface area contributed by atoms with Gasteiger partial charge in [0.25, 0.3) is 0 Å². The number of hydrogen-bond acceptors (Lipinski definition) is 4. The smallest absolute Gasteiger partial charge is 0.335 e. The fourth-order valence-corrected chi connectivity index (χ4v) is 4.23. The number of carbonyl (C=O) groups is 1. The van der Waals surface area contributed by atoms with Crippen LogP contribution in [0.2, 0.25) is 0 Å². The van der Waals surface area contributed by atoms with Crippen LogP contribution in [-0.4, -0.2) is 48.1 Å². The molecule has 0 aromatic heterocycles. The van der Waals surface area contributed by atoms with Gasteiger partial charge >= 0.3 is 5.97 Å². The molecule has 1 aromatic carbocycles. The summed E-state index contributed by atoms with van der Waals surface area (Å²) in [5.41, 5.74) is 0.564. The molecule has 0 amide bonds. The summed E-state index contributed by atoms with van der Waals surface area (Å²) >= 11 is 0. The Morgan fingerprint density at radius 1 is 1.33 bits per heavy atom. The highest BCUT2D eigenvalue weighted by Crippen LogP contribution is 2.25. The average Bonchev–Trinajstić information content (AvgIpc) is 2.46. The van der Waals surface area contributed by atoms with Crippen LogP contribution in [0.25, 0.3) is 0 Å². The Bertz CT molecular complexity index is 633. The van der Waals surface area contributed by atoms with Crippen LogP contribution in [0.15, 0.2) is 23.1 Å². The average molecular weight is 313 g/mol. The number of rotatable bonds is 4. The molecule has 0 spiro atoms. The van der Waals surface area contributed by atoms with Crippen LogP contribution in [0.4, 0.5) is 0 Å². The van der Waals surface area contributed by atoms with E-state index in [4.69, 9.17) is 5.11 Å². The van der Waals surface area contributed by atoms with E-state index in [1.54, 1.807) is 6.07 Å². The van der Waals surface area contributed by atoms with Crippen molar-refractivity contribution in [1.29, 1.82) is 0 Å². The summed E-state index contributed by atoms with van der Waals surface area (Å²) in [5, 5.41) is 18.5. The van der Waals surface area contributed by atoms with E-state index in [2.05, 4.69) is 0 Å². The third kappa shape index (κ3) is 3.25. The van der Waals surface area contributed by atoms with Crippen molar-refractivity contribution >= 4 is 16.0 Å². The molecule has 0 unspecified atom stereocenters. The number of aromatic carboxylic acids is 1. The van der Waals surface area contributed by atoms with Crippen LogP contribution in [0, 0.1) is 0 Å². The molecule has 116 valence electrons. The van der Waals surface area contributed by atoms with Crippen molar-refractivity contribution in [1.82, 2.24) is 4.31 Å². The molecule has 0 aliphatic carbocycles. The molecule has 0 atom stereocenters. The monoisotopic (exact) mass is 313 g/mol. The number of aryl methyl sites for hydroxylation is 1. The Labute approximate surface area is 124 Å². The van der Waals surface area contributed by atoms with Crippen molar-refractivity contribution in [2.45, 2.75) is 37.2 Å². The van der Waals surface area contributed by atoms with Crippen LogP contribution in [0.3, 0.4) is 0 Å². The fourth-order valence-electron chi connectivity index (χ4n) is 2.44. The Balaban J connectivity index is 2.43. The number of piperidine rings is 1. The minimum atomic E-state index is -3.73. The van der Waals surface area contributed by atoms with Crippen LogP contribution in [-0.2, 0) is 16.4 Å². The van der Waals surface area contributed by atoms with Crippen molar-refractivity contribution in [3.05, 3.63) is 29.3 Å². The van der Waals surface area contributed by atoms with E-state index in [0.29, 0.717) is 24.8 Å². The van der Waals surface area contributed by atoms with Gasteiger partial charge < -0.3 is 10.2 Å². The fraction of sp³-hybridized carbons (Fsp3) is 0.500. The first-order chi connectivity index (χ1) is 9.86. The molecule has 2 N–H and O–H groups in total. The summed E-state index contributed by atoms with van der Waals surface area (Å²) in [6.45, 7) is 2.34. The first-order valence-electron chi connectivity index (χ1n) is 6.90. The Morgan fingerprint density at radius 3 is 2.48 bits per heavy atom. The second-order valence-electron chi connectivity index (χ2n) is 5.12. The van der Waals surface area contributed by atoms with Crippen molar-refractivity contribution in [2.24, 2.45) is 0 Å². The maximum atomic E-state index is 12.7. The zero-order valence-corrected chi connectivity index (χ0v) is 12.6. The largest absolute Gasteiger partial charge is 0.478 e. The molecular weight excluding hydrogens is 294 g/mol. The molecule has 1 aromatic rings. The highest BCUT2D eigenvalue weighted by atomic mass is 32.2. The summed E-state index contributed by atoms with van der Waals surface area (Å²) in [4.78, 5) is 11.1. The van der Waals surface area contributed by atoms with Gasteiger partial charge in [-0.3, -0.25) is 0 Å². The van der Waals surface area contributed by atoms with Gasteiger partial charge in [-0.15, -0.1) is 0 Å². The number of aliphatic hydroxyl groups excluding tert-OH is 1. The molecule has 7 heteroatoms. The molecular formula is C14H19NO5S. The number of hydrogen-bond donors (Lipinski definition) is 2. The zero-order valence-electron chi connectivity index (χ0n) is 11.8. The molecule has 1 aliphatic heterocycles. The normalized spacial score (nSPS) is 17.8. The summed E-state index contributed by atoms with van der Waals surface area (Å²) in [7, 11) is -3.73. The van der Waals surface area contributed by atoms with Crippen molar-refractivity contribution < 1.29 is 23.4 Å². The second kappa shape index (κ2) is 6.13. The summed E-state index contributed by atoms with van der Waals surface area (Å²) in [5.74, 6) is -1.15. The first kappa shape index (κ1) is 15.9. The van der Waals surface area contributed by atoms with E-state index in [1.165, 1.54) is 16.4 Å². The van der Waals surface area contributed by atoms with Crippen molar-refractivity contribution in [2.75, 3.05) is 13.1 Å². The molecule has 1 saturated heterocycles. The Hall–Kier alpha value is -1.44. The molecule has 0 radical (unpaired) electrons. The van der Waals surface area contributed by atoms with E-state index in [-0.39, 0.29) is 23.5 Å². The summed E-state index contributed by atoms with van der Waals surface area (Å²) in [6, 6.07) is 4.19. The highest BCUT2D eigenvalue weighted by Gasteiger charge is 2.30. The molecule has 2 rings (SSSR count). The SMILES string of the molecule is CCc1ccc(C(=O)O)cc1S(=O)(=O)N1CCC(O)CC1. The second-order valence-corrected chi connectivity index (χ2v) is 7.02. The predicted molar refractivity (Wildman–Crippen MR) is 76.8 cm³/mol. The Kier molecular flexibility index (Phi) is 4.65. The molecule has 0 saturated carbocycles. The number of carboxylic acids is 1. The minimum Gasteiger partial charge on any atom is -0.478 e. The van der Waals surface area contributed by atoms with Crippen LogP contribution in [0.5, 0.6) is 0 Å². The Morgan fingerprint density at radius 2 is 1.95 bits per heavy atom. The lowest BCUT2D eigenvalue weighted by Gasteiger charge is -2.29. The van der Waals surface area contributed by atoms with Gasteiger partial charge in [0.1, 0.15) is 0 Å². The van der Waals surface area contributed by atoms with E-state index in [1.807, 2.05) is 6.92 Å². The minimum absolute atomic E-state index is 0.0391. The van der Waals surface area contributed by atoms with E-state index < -0.39 is 22.1 Å². The van der Waals surface area contributed by atoms with Crippen LogP contribution in [0.1, 0.15) is 35.7 Å². The topological polar surface area (TPSA) is 94.9 Å².